The Hall–Kier alpha value is -2.15. The standard InChI is InChI=1S/C13H16ClN3O4/c1-8(21-12(19)5-6-15-9(2)18)13(20)17-11-4-3-10(14)7-16-11/h3-4,7-8H,5-6H2,1-2H3,(H,15,18)(H,16,17,20)/t8-/m1/s1. The first-order valence-corrected chi connectivity index (χ1v) is 6.62. The summed E-state index contributed by atoms with van der Waals surface area (Å²) >= 11 is 5.68. The molecule has 0 aliphatic heterocycles. The molecule has 1 atom stereocenters. The van der Waals surface area contributed by atoms with Gasteiger partial charge in [-0.1, -0.05) is 11.6 Å². The van der Waals surface area contributed by atoms with Crippen molar-refractivity contribution in [1.82, 2.24) is 10.3 Å². The Balaban J connectivity index is 2.38. The van der Waals surface area contributed by atoms with Gasteiger partial charge in [0.1, 0.15) is 5.82 Å². The summed E-state index contributed by atoms with van der Waals surface area (Å²) in [7, 11) is 0. The average Bonchev–Trinajstić information content (AvgIpc) is 2.40. The molecule has 1 aromatic rings. The van der Waals surface area contributed by atoms with Gasteiger partial charge in [-0.3, -0.25) is 14.4 Å². The van der Waals surface area contributed by atoms with E-state index in [4.69, 9.17) is 16.3 Å². The molecule has 1 rings (SSSR count). The van der Waals surface area contributed by atoms with Crippen molar-refractivity contribution in [3.63, 3.8) is 0 Å². The highest BCUT2D eigenvalue weighted by Gasteiger charge is 2.18. The molecule has 7 nitrogen and oxygen atoms in total. The van der Waals surface area contributed by atoms with Crippen molar-refractivity contribution in [3.05, 3.63) is 23.4 Å². The second-order valence-electron chi connectivity index (χ2n) is 4.22. The van der Waals surface area contributed by atoms with Crippen molar-refractivity contribution < 1.29 is 19.1 Å². The number of anilines is 1. The summed E-state index contributed by atoms with van der Waals surface area (Å²) in [6, 6.07) is 3.11. The number of nitrogens with one attached hydrogen (secondary N) is 2. The van der Waals surface area contributed by atoms with E-state index < -0.39 is 18.0 Å². The summed E-state index contributed by atoms with van der Waals surface area (Å²) in [5, 5.41) is 5.40. The molecular formula is C13H16ClN3O4. The molecule has 2 amide bonds. The Kier molecular flexibility index (Phi) is 6.61. The van der Waals surface area contributed by atoms with E-state index in [-0.39, 0.29) is 18.9 Å². The second kappa shape index (κ2) is 8.21. The number of pyridine rings is 1. The van der Waals surface area contributed by atoms with Gasteiger partial charge < -0.3 is 15.4 Å². The second-order valence-corrected chi connectivity index (χ2v) is 4.65. The fraction of sp³-hybridized carbons (Fsp3) is 0.385. The van der Waals surface area contributed by atoms with Crippen LogP contribution in [0.3, 0.4) is 0 Å². The minimum Gasteiger partial charge on any atom is -0.452 e. The maximum atomic E-state index is 11.8. The van der Waals surface area contributed by atoms with E-state index in [0.717, 1.165) is 0 Å². The van der Waals surface area contributed by atoms with E-state index in [1.165, 1.54) is 26.1 Å². The molecule has 0 unspecified atom stereocenters. The maximum absolute atomic E-state index is 11.8. The van der Waals surface area contributed by atoms with Crippen molar-refractivity contribution >= 4 is 35.2 Å². The molecular weight excluding hydrogens is 298 g/mol. The molecule has 21 heavy (non-hydrogen) atoms. The number of amides is 2. The van der Waals surface area contributed by atoms with Crippen LogP contribution in [-0.2, 0) is 19.1 Å². The molecule has 0 radical (unpaired) electrons. The van der Waals surface area contributed by atoms with Gasteiger partial charge in [-0.15, -0.1) is 0 Å². The number of aromatic nitrogens is 1. The Labute approximate surface area is 127 Å². The van der Waals surface area contributed by atoms with Crippen LogP contribution < -0.4 is 10.6 Å². The highest BCUT2D eigenvalue weighted by molar-refractivity contribution is 6.30. The molecule has 0 bridgehead atoms. The van der Waals surface area contributed by atoms with Crippen LogP contribution in [0.5, 0.6) is 0 Å². The third-order valence-electron chi connectivity index (χ3n) is 2.36. The summed E-state index contributed by atoms with van der Waals surface area (Å²) in [6.07, 6.45) is 0.421. The van der Waals surface area contributed by atoms with Crippen LogP contribution >= 0.6 is 11.6 Å². The summed E-state index contributed by atoms with van der Waals surface area (Å²) in [4.78, 5) is 37.8. The SMILES string of the molecule is CC(=O)NCCC(=O)O[C@H](C)C(=O)Nc1ccc(Cl)cn1. The first kappa shape index (κ1) is 16.9. The molecule has 2 N–H and O–H groups in total. The van der Waals surface area contributed by atoms with Crippen LogP contribution in [0.15, 0.2) is 18.3 Å². The molecule has 1 aromatic heterocycles. The largest absolute Gasteiger partial charge is 0.452 e. The summed E-state index contributed by atoms with van der Waals surface area (Å²) in [5.41, 5.74) is 0. The number of ether oxygens (including phenoxy) is 1. The lowest BCUT2D eigenvalue weighted by Gasteiger charge is -2.13. The molecule has 0 spiro atoms. The Morgan fingerprint density at radius 1 is 1.38 bits per heavy atom. The van der Waals surface area contributed by atoms with E-state index in [9.17, 15) is 14.4 Å². The van der Waals surface area contributed by atoms with Crippen molar-refractivity contribution in [2.24, 2.45) is 0 Å². The fourth-order valence-electron chi connectivity index (χ4n) is 1.33. The van der Waals surface area contributed by atoms with E-state index in [1.807, 2.05) is 0 Å². The molecule has 0 aromatic carbocycles. The summed E-state index contributed by atoms with van der Waals surface area (Å²) in [6.45, 7) is 2.96. The number of rotatable bonds is 6. The predicted octanol–water partition coefficient (Wildman–Crippen LogP) is 1.13. The topological polar surface area (TPSA) is 97.4 Å². The van der Waals surface area contributed by atoms with E-state index in [1.54, 1.807) is 6.07 Å². The first-order chi connectivity index (χ1) is 9.88. The minimum absolute atomic E-state index is 0.00358. The van der Waals surface area contributed by atoms with Gasteiger partial charge in [0.05, 0.1) is 11.4 Å². The number of nitrogens with zero attached hydrogens (tertiary/aromatic N) is 1. The maximum Gasteiger partial charge on any atom is 0.308 e. The number of hydrogen-bond acceptors (Lipinski definition) is 5. The zero-order chi connectivity index (χ0) is 15.8. The van der Waals surface area contributed by atoms with Gasteiger partial charge in [0.2, 0.25) is 5.91 Å². The third kappa shape index (κ3) is 6.71. The first-order valence-electron chi connectivity index (χ1n) is 6.25. The highest BCUT2D eigenvalue weighted by Crippen LogP contribution is 2.10. The Morgan fingerprint density at radius 2 is 2.10 bits per heavy atom. The van der Waals surface area contributed by atoms with Gasteiger partial charge in [0.15, 0.2) is 6.10 Å². The van der Waals surface area contributed by atoms with Gasteiger partial charge in [0.25, 0.3) is 5.91 Å². The number of esters is 1. The zero-order valence-corrected chi connectivity index (χ0v) is 12.4. The lowest BCUT2D eigenvalue weighted by Crippen LogP contribution is -2.31. The molecule has 0 aliphatic rings. The molecule has 0 fully saturated rings. The van der Waals surface area contributed by atoms with E-state index >= 15 is 0 Å². The molecule has 8 heteroatoms. The third-order valence-corrected chi connectivity index (χ3v) is 2.58. The van der Waals surface area contributed by atoms with Crippen molar-refractivity contribution in [2.75, 3.05) is 11.9 Å². The van der Waals surface area contributed by atoms with Crippen molar-refractivity contribution in [3.8, 4) is 0 Å². The van der Waals surface area contributed by atoms with Gasteiger partial charge in [0, 0.05) is 19.7 Å². The monoisotopic (exact) mass is 313 g/mol. The minimum atomic E-state index is -0.965. The smallest absolute Gasteiger partial charge is 0.308 e. The molecule has 0 saturated heterocycles. The Morgan fingerprint density at radius 3 is 2.67 bits per heavy atom. The van der Waals surface area contributed by atoms with Crippen LogP contribution in [0.1, 0.15) is 20.3 Å². The van der Waals surface area contributed by atoms with Crippen LogP contribution in [0.2, 0.25) is 5.02 Å². The quantitative estimate of drug-likeness (QED) is 0.767. The molecule has 0 aliphatic carbocycles. The lowest BCUT2D eigenvalue weighted by molar-refractivity contribution is -0.153. The zero-order valence-electron chi connectivity index (χ0n) is 11.7. The van der Waals surface area contributed by atoms with E-state index in [0.29, 0.717) is 10.8 Å². The number of halogens is 1. The van der Waals surface area contributed by atoms with Crippen molar-refractivity contribution in [1.29, 1.82) is 0 Å². The van der Waals surface area contributed by atoms with Crippen molar-refractivity contribution in [2.45, 2.75) is 26.4 Å². The fourth-order valence-corrected chi connectivity index (χ4v) is 1.44. The predicted molar refractivity (Wildman–Crippen MR) is 76.7 cm³/mol. The lowest BCUT2D eigenvalue weighted by atomic mass is 10.3. The molecule has 114 valence electrons. The normalized spacial score (nSPS) is 11.4. The molecule has 1 heterocycles. The average molecular weight is 314 g/mol. The van der Waals surface area contributed by atoms with E-state index in [2.05, 4.69) is 15.6 Å². The summed E-state index contributed by atoms with van der Waals surface area (Å²) < 4.78 is 4.93. The summed E-state index contributed by atoms with van der Waals surface area (Å²) in [5.74, 6) is -0.999. The number of carbonyl (C=O) groups excluding carboxylic acids is 3. The number of carbonyl (C=O) groups is 3. The van der Waals surface area contributed by atoms with Gasteiger partial charge in [-0.05, 0) is 19.1 Å². The van der Waals surface area contributed by atoms with Gasteiger partial charge in [-0.25, -0.2) is 4.98 Å². The van der Waals surface area contributed by atoms with Crippen LogP contribution in [0.4, 0.5) is 5.82 Å². The van der Waals surface area contributed by atoms with Gasteiger partial charge >= 0.3 is 5.97 Å². The van der Waals surface area contributed by atoms with Crippen LogP contribution in [0.25, 0.3) is 0 Å². The van der Waals surface area contributed by atoms with Crippen LogP contribution in [-0.4, -0.2) is 35.4 Å². The number of hydrogen-bond donors (Lipinski definition) is 2. The highest BCUT2D eigenvalue weighted by atomic mass is 35.5. The molecule has 0 saturated carbocycles. The van der Waals surface area contributed by atoms with Gasteiger partial charge in [-0.2, -0.15) is 0 Å². The van der Waals surface area contributed by atoms with Crippen LogP contribution in [0, 0.1) is 0 Å². The Bertz CT molecular complexity index is 519.